The molecule has 1 rings (SSSR count). The topological polar surface area (TPSA) is 3.24 Å². The molecule has 0 aliphatic rings. The standard InChI is InChI=1S/C19H27N/c1-5-12-17(8-4)19(18-13-10-9-11-14-18)20(15-6-2)16-7-3/h5,8-14,19H,1,4,6-7,15-16H2,2-3H3/b17-12+. The molecule has 1 aromatic carbocycles. The second kappa shape index (κ2) is 9.33. The molecule has 0 aromatic heterocycles. The molecule has 0 amide bonds. The Kier molecular flexibility index (Phi) is 7.67. The van der Waals surface area contributed by atoms with Gasteiger partial charge in [0.05, 0.1) is 6.04 Å². The summed E-state index contributed by atoms with van der Waals surface area (Å²) in [5.74, 6) is 0. The van der Waals surface area contributed by atoms with Crippen LogP contribution in [-0.2, 0) is 0 Å². The summed E-state index contributed by atoms with van der Waals surface area (Å²) in [5.41, 5.74) is 2.54. The second-order valence-corrected chi connectivity index (χ2v) is 4.96. The maximum atomic E-state index is 3.99. The SMILES string of the molecule is C=C/C=C(\C=C)C(c1ccccc1)N(CCC)CCC. The maximum absolute atomic E-state index is 3.99. The van der Waals surface area contributed by atoms with Gasteiger partial charge in [-0.15, -0.1) is 0 Å². The van der Waals surface area contributed by atoms with Gasteiger partial charge in [0.2, 0.25) is 0 Å². The molecule has 0 aliphatic carbocycles. The number of rotatable bonds is 9. The molecule has 1 unspecified atom stereocenters. The molecule has 1 nitrogen and oxygen atoms in total. The van der Waals surface area contributed by atoms with Crippen LogP contribution in [0, 0.1) is 0 Å². The fourth-order valence-electron chi connectivity index (χ4n) is 2.60. The third-order valence-electron chi connectivity index (χ3n) is 3.36. The fraction of sp³-hybridized carbons (Fsp3) is 0.368. The smallest absolute Gasteiger partial charge is 0.0601 e. The lowest BCUT2D eigenvalue weighted by atomic mass is 9.96. The molecule has 20 heavy (non-hydrogen) atoms. The highest BCUT2D eigenvalue weighted by atomic mass is 15.1. The minimum absolute atomic E-state index is 0.270. The Bertz CT molecular complexity index is 424. The third kappa shape index (κ3) is 4.50. The summed E-state index contributed by atoms with van der Waals surface area (Å²) in [6.45, 7) is 14.5. The van der Waals surface area contributed by atoms with E-state index >= 15 is 0 Å². The van der Waals surface area contributed by atoms with Gasteiger partial charge in [0.1, 0.15) is 0 Å². The van der Waals surface area contributed by atoms with E-state index in [1.807, 2.05) is 12.2 Å². The van der Waals surface area contributed by atoms with Gasteiger partial charge in [-0.1, -0.05) is 75.6 Å². The second-order valence-electron chi connectivity index (χ2n) is 4.96. The predicted octanol–water partition coefficient (Wildman–Crippen LogP) is 5.15. The summed E-state index contributed by atoms with van der Waals surface area (Å²) >= 11 is 0. The van der Waals surface area contributed by atoms with Crippen molar-refractivity contribution in [1.29, 1.82) is 0 Å². The minimum Gasteiger partial charge on any atom is -0.292 e. The Labute approximate surface area is 124 Å². The van der Waals surface area contributed by atoms with Crippen LogP contribution in [-0.4, -0.2) is 18.0 Å². The fourth-order valence-corrected chi connectivity index (χ4v) is 2.60. The molecule has 0 heterocycles. The van der Waals surface area contributed by atoms with Gasteiger partial charge in [-0.3, -0.25) is 4.90 Å². The van der Waals surface area contributed by atoms with Crippen LogP contribution in [0.2, 0.25) is 0 Å². The van der Waals surface area contributed by atoms with Gasteiger partial charge in [-0.25, -0.2) is 0 Å². The average Bonchev–Trinajstić information content (AvgIpc) is 2.48. The van der Waals surface area contributed by atoms with E-state index in [1.165, 1.54) is 11.1 Å². The van der Waals surface area contributed by atoms with E-state index in [1.54, 1.807) is 0 Å². The molecular weight excluding hydrogens is 242 g/mol. The lowest BCUT2D eigenvalue weighted by Crippen LogP contribution is -2.31. The normalized spacial score (nSPS) is 13.2. The molecular formula is C19H27N. The first-order chi connectivity index (χ1) is 9.78. The number of hydrogen-bond acceptors (Lipinski definition) is 1. The van der Waals surface area contributed by atoms with Gasteiger partial charge in [0.25, 0.3) is 0 Å². The van der Waals surface area contributed by atoms with E-state index < -0.39 is 0 Å². The van der Waals surface area contributed by atoms with Gasteiger partial charge in [0.15, 0.2) is 0 Å². The average molecular weight is 269 g/mol. The van der Waals surface area contributed by atoms with Gasteiger partial charge in [-0.05, 0) is 37.1 Å². The summed E-state index contributed by atoms with van der Waals surface area (Å²) in [7, 11) is 0. The minimum atomic E-state index is 0.270. The zero-order valence-corrected chi connectivity index (χ0v) is 12.9. The van der Waals surface area contributed by atoms with E-state index in [-0.39, 0.29) is 6.04 Å². The van der Waals surface area contributed by atoms with Crippen molar-refractivity contribution in [3.8, 4) is 0 Å². The lowest BCUT2D eigenvalue weighted by molar-refractivity contribution is 0.225. The summed E-state index contributed by atoms with van der Waals surface area (Å²) in [6.07, 6.45) is 8.19. The van der Waals surface area contributed by atoms with Crippen molar-refractivity contribution in [1.82, 2.24) is 4.90 Å². The summed E-state index contributed by atoms with van der Waals surface area (Å²) in [4.78, 5) is 2.53. The van der Waals surface area contributed by atoms with Crippen LogP contribution in [0.5, 0.6) is 0 Å². The summed E-state index contributed by atoms with van der Waals surface area (Å²) in [6, 6.07) is 10.9. The Morgan fingerprint density at radius 2 is 1.70 bits per heavy atom. The molecule has 0 N–H and O–H groups in total. The molecule has 0 spiro atoms. The molecule has 108 valence electrons. The van der Waals surface area contributed by atoms with Crippen LogP contribution in [0.3, 0.4) is 0 Å². The highest BCUT2D eigenvalue weighted by molar-refractivity contribution is 5.35. The number of benzene rings is 1. The molecule has 0 aliphatic heterocycles. The first-order valence-corrected chi connectivity index (χ1v) is 7.52. The summed E-state index contributed by atoms with van der Waals surface area (Å²) in [5, 5.41) is 0. The van der Waals surface area contributed by atoms with Gasteiger partial charge >= 0.3 is 0 Å². The predicted molar refractivity (Wildman–Crippen MR) is 89.8 cm³/mol. The van der Waals surface area contributed by atoms with Crippen LogP contribution in [0.15, 0.2) is 67.3 Å². The molecule has 1 heteroatoms. The van der Waals surface area contributed by atoms with Crippen molar-refractivity contribution in [3.63, 3.8) is 0 Å². The lowest BCUT2D eigenvalue weighted by Gasteiger charge is -2.32. The molecule has 0 saturated carbocycles. The Morgan fingerprint density at radius 1 is 1.10 bits per heavy atom. The molecule has 0 radical (unpaired) electrons. The highest BCUT2D eigenvalue weighted by Crippen LogP contribution is 2.29. The van der Waals surface area contributed by atoms with Gasteiger partial charge in [-0.2, -0.15) is 0 Å². The van der Waals surface area contributed by atoms with Crippen LogP contribution >= 0.6 is 0 Å². The quantitative estimate of drug-likeness (QED) is 0.560. The molecule has 0 bridgehead atoms. The van der Waals surface area contributed by atoms with E-state index in [9.17, 15) is 0 Å². The Balaban J connectivity index is 3.20. The Morgan fingerprint density at radius 3 is 2.15 bits per heavy atom. The summed E-state index contributed by atoms with van der Waals surface area (Å²) < 4.78 is 0. The molecule has 0 fully saturated rings. The van der Waals surface area contributed by atoms with Crippen molar-refractivity contribution in [2.45, 2.75) is 32.7 Å². The van der Waals surface area contributed by atoms with Crippen LogP contribution in [0.1, 0.15) is 38.3 Å². The van der Waals surface area contributed by atoms with Crippen LogP contribution < -0.4 is 0 Å². The third-order valence-corrected chi connectivity index (χ3v) is 3.36. The van der Waals surface area contributed by atoms with E-state index in [0.29, 0.717) is 0 Å². The first-order valence-electron chi connectivity index (χ1n) is 7.52. The van der Waals surface area contributed by atoms with Crippen molar-refractivity contribution in [3.05, 3.63) is 72.9 Å². The maximum Gasteiger partial charge on any atom is 0.0601 e. The number of nitrogens with zero attached hydrogens (tertiary/aromatic N) is 1. The Hall–Kier alpha value is -1.60. The number of allylic oxidation sites excluding steroid dienone is 2. The van der Waals surface area contributed by atoms with Crippen molar-refractivity contribution in [2.24, 2.45) is 0 Å². The van der Waals surface area contributed by atoms with E-state index in [2.05, 4.69) is 68.3 Å². The molecule has 1 aromatic rings. The monoisotopic (exact) mass is 269 g/mol. The first kappa shape index (κ1) is 16.5. The largest absolute Gasteiger partial charge is 0.292 e. The molecule has 0 saturated heterocycles. The zero-order valence-electron chi connectivity index (χ0n) is 12.9. The van der Waals surface area contributed by atoms with Crippen molar-refractivity contribution < 1.29 is 0 Å². The zero-order chi connectivity index (χ0) is 14.8. The van der Waals surface area contributed by atoms with E-state index in [0.717, 1.165) is 25.9 Å². The highest BCUT2D eigenvalue weighted by Gasteiger charge is 2.21. The van der Waals surface area contributed by atoms with E-state index in [4.69, 9.17) is 0 Å². The van der Waals surface area contributed by atoms with Gasteiger partial charge in [0, 0.05) is 0 Å². The van der Waals surface area contributed by atoms with Crippen molar-refractivity contribution in [2.75, 3.05) is 13.1 Å². The number of hydrogen-bond donors (Lipinski definition) is 0. The molecule has 1 atom stereocenters. The van der Waals surface area contributed by atoms with Crippen LogP contribution in [0.25, 0.3) is 0 Å². The van der Waals surface area contributed by atoms with Gasteiger partial charge < -0.3 is 0 Å². The van der Waals surface area contributed by atoms with Crippen molar-refractivity contribution >= 4 is 0 Å². The van der Waals surface area contributed by atoms with Crippen LogP contribution in [0.4, 0.5) is 0 Å².